The molecule has 0 aromatic carbocycles. The van der Waals surface area contributed by atoms with Gasteiger partial charge in [0, 0.05) is 0 Å². The minimum absolute atomic E-state index is 0. The number of hydrogen-bond acceptors (Lipinski definition) is 4. The molecular formula is C8H16Cl2CoN4O4-3. The van der Waals surface area contributed by atoms with Crippen LogP contribution < -0.4 is 10.2 Å². The van der Waals surface area contributed by atoms with Gasteiger partial charge in [0.1, 0.15) is 0 Å². The Kier molecular flexibility index (Phi) is 59.5. The molecule has 0 fully saturated rings. The molecule has 0 aromatic heterocycles. The molecule has 0 aliphatic carbocycles. The van der Waals surface area contributed by atoms with E-state index in [4.69, 9.17) is 42.7 Å². The third kappa shape index (κ3) is 131. The maximum absolute atomic E-state index is 9.12. The van der Waals surface area contributed by atoms with Crippen LogP contribution in [0.4, 0.5) is 0 Å². The Hall–Kier alpha value is -0.134. The van der Waals surface area contributed by atoms with Crippen molar-refractivity contribution in [2.75, 3.05) is 37.9 Å². The van der Waals surface area contributed by atoms with Crippen molar-refractivity contribution >= 4 is 35.1 Å². The molecule has 0 saturated carbocycles. The standard InChI is InChI=1S/2C2H3ClO2.2C2H6N2.Co/c2*3-1-2(4)5;2*3-1-2-4;/h2*1H2,(H,4,5);2*3-4H,1-2H2;/q;;2*-2;+3/p-2. The number of carboxylic acid groups (broad SMARTS) is 2. The first kappa shape index (κ1) is 31.3. The van der Waals surface area contributed by atoms with Crippen LogP contribution in [0.1, 0.15) is 0 Å². The van der Waals surface area contributed by atoms with Crippen molar-refractivity contribution in [3.63, 3.8) is 0 Å². The molecule has 11 heteroatoms. The van der Waals surface area contributed by atoms with Gasteiger partial charge >= 0.3 is 16.8 Å². The van der Waals surface area contributed by atoms with E-state index in [1.54, 1.807) is 0 Å². The summed E-state index contributed by atoms with van der Waals surface area (Å²) in [5, 5.41) is 18.2. The van der Waals surface area contributed by atoms with E-state index in [0.29, 0.717) is 0 Å². The Morgan fingerprint density at radius 2 is 0.842 bits per heavy atom. The van der Waals surface area contributed by atoms with Gasteiger partial charge in [0.15, 0.2) is 0 Å². The number of nitrogens with one attached hydrogen (secondary N) is 4. The molecule has 0 unspecified atom stereocenters. The van der Waals surface area contributed by atoms with E-state index in [-0.39, 0.29) is 43.0 Å². The first-order valence-corrected chi connectivity index (χ1v) is 5.54. The predicted molar refractivity (Wildman–Crippen MR) is 68.2 cm³/mol. The number of hydrogen-bond donors (Lipinski definition) is 0. The van der Waals surface area contributed by atoms with Crippen LogP contribution in [0.15, 0.2) is 0 Å². The zero-order valence-electron chi connectivity index (χ0n) is 9.96. The summed E-state index contributed by atoms with van der Waals surface area (Å²) in [6.07, 6.45) is 0. The van der Waals surface area contributed by atoms with Crippen LogP contribution in [-0.4, -0.2) is 49.9 Å². The minimum Gasteiger partial charge on any atom is -0.679 e. The number of rotatable bonds is 4. The van der Waals surface area contributed by atoms with Crippen molar-refractivity contribution in [3.8, 4) is 0 Å². The van der Waals surface area contributed by atoms with Gasteiger partial charge in [-0.2, -0.15) is 26.2 Å². The maximum atomic E-state index is 9.12. The second kappa shape index (κ2) is 36.1. The molecule has 19 heavy (non-hydrogen) atoms. The zero-order chi connectivity index (χ0) is 15.4. The molecule has 0 bridgehead atoms. The minimum atomic E-state index is -1.23. The molecule has 0 aliphatic rings. The summed E-state index contributed by atoms with van der Waals surface area (Å²) in [5.41, 5.74) is 25.1. The molecule has 4 N–H and O–H groups in total. The molecule has 0 atom stereocenters. The van der Waals surface area contributed by atoms with Gasteiger partial charge in [-0.05, 0) is 0 Å². The van der Waals surface area contributed by atoms with Crippen LogP contribution in [0.3, 0.4) is 0 Å². The number of aliphatic carboxylic acids is 2. The average molecular weight is 362 g/mol. The smallest absolute Gasteiger partial charge is 0.679 e. The largest absolute Gasteiger partial charge is 3.00 e. The van der Waals surface area contributed by atoms with Crippen LogP contribution in [0.25, 0.3) is 22.9 Å². The van der Waals surface area contributed by atoms with Crippen molar-refractivity contribution in [2.24, 2.45) is 0 Å². The maximum Gasteiger partial charge on any atom is 3.00 e. The molecule has 0 rings (SSSR count). The van der Waals surface area contributed by atoms with Gasteiger partial charge < -0.3 is 42.7 Å². The van der Waals surface area contributed by atoms with E-state index in [1.165, 1.54) is 0 Å². The second-order valence-electron chi connectivity index (χ2n) is 2.01. The fourth-order valence-corrected chi connectivity index (χ4v) is 0. The first-order valence-electron chi connectivity index (χ1n) is 4.47. The summed E-state index contributed by atoms with van der Waals surface area (Å²) < 4.78 is 0. The van der Waals surface area contributed by atoms with Crippen molar-refractivity contribution in [3.05, 3.63) is 22.9 Å². The van der Waals surface area contributed by atoms with Crippen LogP contribution in [0.5, 0.6) is 0 Å². The van der Waals surface area contributed by atoms with Gasteiger partial charge in [0.05, 0.1) is 23.7 Å². The molecule has 0 heterocycles. The van der Waals surface area contributed by atoms with E-state index in [2.05, 4.69) is 23.2 Å². The third-order valence-corrected chi connectivity index (χ3v) is 0.905. The number of alkyl halides is 2. The summed E-state index contributed by atoms with van der Waals surface area (Å²) in [7, 11) is 0. The molecule has 0 spiro atoms. The molecule has 0 aromatic rings. The number of carbonyl (C=O) groups excluding carboxylic acids is 2. The van der Waals surface area contributed by atoms with E-state index in [0.717, 1.165) is 0 Å². The quantitative estimate of drug-likeness (QED) is 0.646. The Labute approximate surface area is 133 Å². The first-order chi connectivity index (χ1) is 8.37. The van der Waals surface area contributed by atoms with E-state index >= 15 is 0 Å². The Bertz CT molecular complexity index is 159. The predicted octanol–water partition coefficient (Wildman–Crippen LogP) is 0.129. The molecule has 0 amide bonds. The second-order valence-corrected chi connectivity index (χ2v) is 2.55. The average Bonchev–Trinajstić information content (AvgIpc) is 2.39. The summed E-state index contributed by atoms with van der Waals surface area (Å²) in [6, 6.07) is 0. The monoisotopic (exact) mass is 361 g/mol. The van der Waals surface area contributed by atoms with Crippen molar-refractivity contribution < 1.29 is 36.6 Å². The summed E-state index contributed by atoms with van der Waals surface area (Å²) in [6.45, 7) is 0.944. The molecule has 0 aliphatic heterocycles. The third-order valence-electron chi connectivity index (χ3n) is 0.468. The zero-order valence-corrected chi connectivity index (χ0v) is 12.5. The van der Waals surface area contributed by atoms with Gasteiger partial charge in [-0.3, -0.25) is 0 Å². The van der Waals surface area contributed by atoms with Crippen LogP contribution in [0.2, 0.25) is 0 Å². The molecule has 118 valence electrons. The van der Waals surface area contributed by atoms with Crippen molar-refractivity contribution in [1.82, 2.24) is 0 Å². The Morgan fingerprint density at radius 1 is 0.737 bits per heavy atom. The van der Waals surface area contributed by atoms with Crippen molar-refractivity contribution in [2.45, 2.75) is 0 Å². The van der Waals surface area contributed by atoms with Gasteiger partial charge in [-0.25, -0.2) is 0 Å². The van der Waals surface area contributed by atoms with Crippen LogP contribution in [-0.2, 0) is 26.4 Å². The summed E-state index contributed by atoms with van der Waals surface area (Å²) in [5.74, 6) is -3.29. The fraction of sp³-hybridized carbons (Fsp3) is 0.750. The van der Waals surface area contributed by atoms with Gasteiger partial charge in [0.25, 0.3) is 0 Å². The van der Waals surface area contributed by atoms with E-state index in [1.807, 2.05) is 0 Å². The van der Waals surface area contributed by atoms with Crippen molar-refractivity contribution in [1.29, 1.82) is 0 Å². The van der Waals surface area contributed by atoms with Gasteiger partial charge in [0.2, 0.25) is 0 Å². The SMILES string of the molecule is O=C([O-])CCl.O=C([O-])CCl.[Co+3].[NH-]CC[NH-].[NH-]CC[NH-]. The molecule has 0 radical (unpaired) electrons. The fourth-order valence-electron chi connectivity index (χ4n) is 0. The topological polar surface area (TPSA) is 175 Å². The normalized spacial score (nSPS) is 7.05. The number of halogens is 2. The number of carboxylic acids is 2. The van der Waals surface area contributed by atoms with E-state index < -0.39 is 23.7 Å². The van der Waals surface area contributed by atoms with E-state index in [9.17, 15) is 0 Å². The molecule has 0 saturated heterocycles. The molecule has 8 nitrogen and oxygen atoms in total. The Balaban J connectivity index is -0.0000000453. The van der Waals surface area contributed by atoms with Crippen LogP contribution in [0, 0.1) is 0 Å². The van der Waals surface area contributed by atoms with Gasteiger partial charge in [-0.15, -0.1) is 23.2 Å². The summed E-state index contributed by atoms with van der Waals surface area (Å²) in [4.78, 5) is 18.2. The van der Waals surface area contributed by atoms with Gasteiger partial charge in [-0.1, -0.05) is 0 Å². The van der Waals surface area contributed by atoms with Crippen LogP contribution >= 0.6 is 23.2 Å². The molecular weight excluding hydrogens is 346 g/mol. The summed E-state index contributed by atoms with van der Waals surface area (Å²) >= 11 is 9.35. The Morgan fingerprint density at radius 3 is 0.842 bits per heavy atom. The number of carbonyl (C=O) groups is 2.